The molecule has 1 atom stereocenters. The fraction of sp³-hybridized carbons (Fsp3) is 0.350. The molecule has 1 amide bonds. The van der Waals surface area contributed by atoms with E-state index in [-0.39, 0.29) is 35.3 Å². The van der Waals surface area contributed by atoms with Gasteiger partial charge in [-0.2, -0.15) is 0 Å². The van der Waals surface area contributed by atoms with Crippen LogP contribution in [0.1, 0.15) is 22.0 Å². The Morgan fingerprint density at radius 2 is 2.23 bits per heavy atom. The van der Waals surface area contributed by atoms with E-state index in [1.165, 1.54) is 38.6 Å². The molecule has 1 fully saturated rings. The van der Waals surface area contributed by atoms with Gasteiger partial charge < -0.3 is 31.2 Å². The fourth-order valence-electron chi connectivity index (χ4n) is 3.64. The third-order valence-electron chi connectivity index (χ3n) is 5.20. The van der Waals surface area contributed by atoms with Gasteiger partial charge >= 0.3 is 0 Å². The first kappa shape index (κ1) is 22.1. The lowest BCUT2D eigenvalue weighted by molar-refractivity contribution is 0.00799. The normalized spacial score (nSPS) is 24.6. The smallest absolute Gasteiger partial charge is 0.259 e. The van der Waals surface area contributed by atoms with Gasteiger partial charge in [-0.15, -0.1) is 0 Å². The Balaban J connectivity index is 2.33. The molecule has 1 unspecified atom stereocenters. The highest BCUT2D eigenvalue weighted by Gasteiger charge is 2.34. The van der Waals surface area contributed by atoms with Crippen LogP contribution in [-0.2, 0) is 9.47 Å². The molecule has 11 heteroatoms. The van der Waals surface area contributed by atoms with E-state index < -0.39 is 17.8 Å². The van der Waals surface area contributed by atoms with Crippen LogP contribution in [-0.4, -0.2) is 68.3 Å². The van der Waals surface area contributed by atoms with Crippen LogP contribution in [0.15, 0.2) is 46.7 Å². The summed E-state index contributed by atoms with van der Waals surface area (Å²) in [6.45, 7) is 0.977. The summed E-state index contributed by atoms with van der Waals surface area (Å²) in [5.41, 5.74) is 12.9. The average molecular weight is 431 g/mol. The number of carbonyl (C=O) groups excluding carboxylic acids is 1. The van der Waals surface area contributed by atoms with Crippen molar-refractivity contribution in [2.45, 2.75) is 6.04 Å². The number of aliphatic imine (C=N–C) groups is 1. The number of carbonyl (C=O) groups is 1. The number of amidine groups is 2. The zero-order valence-corrected chi connectivity index (χ0v) is 17.6. The number of fused-ring (bicyclic) bond motifs is 3. The molecule has 10 nitrogen and oxygen atoms in total. The summed E-state index contributed by atoms with van der Waals surface area (Å²) < 4.78 is 25.1. The third-order valence-corrected chi connectivity index (χ3v) is 5.20. The summed E-state index contributed by atoms with van der Waals surface area (Å²) in [4.78, 5) is 20.7. The summed E-state index contributed by atoms with van der Waals surface area (Å²) in [5.74, 6) is -0.879. The minimum absolute atomic E-state index is 0.0741. The number of hydrogen-bond acceptors (Lipinski definition) is 9. The molecule has 2 heterocycles. The number of rotatable bonds is 2. The van der Waals surface area contributed by atoms with Gasteiger partial charge in [0, 0.05) is 32.4 Å². The number of benzene rings is 1. The Labute approximate surface area is 179 Å². The van der Waals surface area contributed by atoms with Crippen molar-refractivity contribution >= 4 is 17.6 Å². The summed E-state index contributed by atoms with van der Waals surface area (Å²) in [6, 6.07) is 3.36. The quantitative estimate of drug-likeness (QED) is 0.498. The lowest BCUT2D eigenvalue weighted by atomic mass is 9.97. The Bertz CT molecular complexity index is 983. The Kier molecular flexibility index (Phi) is 6.44. The number of morpholine rings is 1. The fourth-order valence-corrected chi connectivity index (χ4v) is 3.64. The molecule has 0 radical (unpaired) electrons. The van der Waals surface area contributed by atoms with Gasteiger partial charge in [0.05, 0.1) is 26.4 Å². The van der Waals surface area contributed by atoms with Gasteiger partial charge in [-0.3, -0.25) is 15.1 Å². The molecule has 0 bridgehead atoms. The SMILES string of the molecule is CN\C(OC)=C1C(=N)N(C)C(=O)c2ccc(F)cc2C2COCCN2C(=C/N)/N=C/1N. The number of nitrogens with one attached hydrogen (secondary N) is 2. The van der Waals surface area contributed by atoms with Crippen molar-refractivity contribution in [1.29, 1.82) is 5.41 Å². The maximum atomic E-state index is 14.2. The molecule has 0 aliphatic carbocycles. The molecule has 0 spiro atoms. The number of ether oxygens (including phenoxy) is 2. The minimum atomic E-state index is -0.533. The second kappa shape index (κ2) is 9.04. The number of amides is 1. The van der Waals surface area contributed by atoms with Gasteiger partial charge in [0.25, 0.3) is 5.91 Å². The molecule has 6 N–H and O–H groups in total. The molecular formula is C20H26FN7O3. The van der Waals surface area contributed by atoms with E-state index in [4.69, 9.17) is 26.4 Å². The molecule has 0 saturated carbocycles. The van der Waals surface area contributed by atoms with E-state index in [2.05, 4.69) is 10.3 Å². The van der Waals surface area contributed by atoms with E-state index in [1.54, 1.807) is 11.9 Å². The first-order valence-corrected chi connectivity index (χ1v) is 9.57. The summed E-state index contributed by atoms with van der Waals surface area (Å²) in [6.07, 6.45) is 1.28. The van der Waals surface area contributed by atoms with E-state index in [9.17, 15) is 9.18 Å². The highest BCUT2D eigenvalue weighted by atomic mass is 19.1. The maximum absolute atomic E-state index is 14.2. The Hall–Kier alpha value is -3.60. The summed E-state index contributed by atoms with van der Waals surface area (Å²) >= 11 is 0. The van der Waals surface area contributed by atoms with Crippen molar-refractivity contribution in [2.24, 2.45) is 16.5 Å². The molecule has 1 saturated heterocycles. The van der Waals surface area contributed by atoms with Crippen molar-refractivity contribution in [1.82, 2.24) is 15.1 Å². The van der Waals surface area contributed by atoms with Crippen molar-refractivity contribution < 1.29 is 18.7 Å². The predicted molar refractivity (Wildman–Crippen MR) is 113 cm³/mol. The van der Waals surface area contributed by atoms with Crippen LogP contribution >= 0.6 is 0 Å². The van der Waals surface area contributed by atoms with Crippen LogP contribution in [0, 0.1) is 11.2 Å². The predicted octanol–water partition coefficient (Wildman–Crippen LogP) is 0.454. The van der Waals surface area contributed by atoms with Gasteiger partial charge in [0.1, 0.15) is 28.9 Å². The maximum Gasteiger partial charge on any atom is 0.259 e. The molecular weight excluding hydrogens is 405 g/mol. The van der Waals surface area contributed by atoms with Crippen LogP contribution in [0.2, 0.25) is 0 Å². The standard InChI is InChI=1S/C20H26FN7O3/c1-25-19(30-3)16-17(23)26-15(9-22)28-6-7-31-10-14(28)13-8-11(21)4-5-12(13)20(29)27(2)18(16)24/h4-5,8-9,14,24-25H,6-7,10,22H2,1-3H3,(H2,23,26)/b15-9+,19-16+,24-18?. The first-order chi connectivity index (χ1) is 14.8. The molecule has 166 valence electrons. The molecule has 31 heavy (non-hydrogen) atoms. The van der Waals surface area contributed by atoms with E-state index in [1.807, 2.05) is 0 Å². The van der Waals surface area contributed by atoms with Crippen molar-refractivity contribution in [3.8, 4) is 0 Å². The topological polar surface area (TPSA) is 142 Å². The summed E-state index contributed by atoms with van der Waals surface area (Å²) in [7, 11) is 4.43. The van der Waals surface area contributed by atoms with Crippen LogP contribution < -0.4 is 16.8 Å². The van der Waals surface area contributed by atoms with Gasteiger partial charge in [0.2, 0.25) is 5.88 Å². The van der Waals surface area contributed by atoms with Crippen LogP contribution in [0.4, 0.5) is 4.39 Å². The van der Waals surface area contributed by atoms with Crippen LogP contribution in [0.5, 0.6) is 0 Å². The summed E-state index contributed by atoms with van der Waals surface area (Å²) in [5, 5.41) is 11.5. The molecule has 0 aromatic heterocycles. The molecule has 3 rings (SSSR count). The first-order valence-electron chi connectivity index (χ1n) is 9.57. The Morgan fingerprint density at radius 1 is 1.48 bits per heavy atom. The van der Waals surface area contributed by atoms with Gasteiger partial charge in [-0.25, -0.2) is 9.38 Å². The van der Waals surface area contributed by atoms with E-state index in [0.717, 1.165) is 4.90 Å². The van der Waals surface area contributed by atoms with Gasteiger partial charge in [0.15, 0.2) is 0 Å². The number of nitrogens with two attached hydrogens (primary N) is 2. The zero-order valence-electron chi connectivity index (χ0n) is 17.6. The molecule has 1 aromatic carbocycles. The van der Waals surface area contributed by atoms with Gasteiger partial charge in [-0.05, 0) is 23.8 Å². The second-order valence-electron chi connectivity index (χ2n) is 6.91. The van der Waals surface area contributed by atoms with Crippen molar-refractivity contribution in [3.05, 3.63) is 58.6 Å². The minimum Gasteiger partial charge on any atom is -0.482 e. The third kappa shape index (κ3) is 4.04. The number of nitrogens with zero attached hydrogens (tertiary/aromatic N) is 3. The molecule has 1 aromatic rings. The number of halogens is 1. The van der Waals surface area contributed by atoms with E-state index >= 15 is 0 Å². The second-order valence-corrected chi connectivity index (χ2v) is 6.91. The average Bonchev–Trinajstić information content (AvgIpc) is 2.79. The van der Waals surface area contributed by atoms with Crippen molar-refractivity contribution in [2.75, 3.05) is 41.0 Å². The lowest BCUT2D eigenvalue weighted by Crippen LogP contribution is -2.40. The monoisotopic (exact) mass is 431 g/mol. The number of hydrogen-bond donors (Lipinski definition) is 4. The van der Waals surface area contributed by atoms with Gasteiger partial charge in [-0.1, -0.05) is 0 Å². The highest BCUT2D eigenvalue weighted by Crippen LogP contribution is 2.32. The molecule has 2 aliphatic rings. The largest absolute Gasteiger partial charge is 0.482 e. The number of likely N-dealkylation sites (N-methyl/N-ethyl adjacent to an activating group) is 1. The number of methoxy groups -OCH3 is 1. The van der Waals surface area contributed by atoms with E-state index in [0.29, 0.717) is 24.5 Å². The zero-order chi connectivity index (χ0) is 22.7. The van der Waals surface area contributed by atoms with Crippen molar-refractivity contribution in [3.63, 3.8) is 0 Å². The lowest BCUT2D eigenvalue weighted by Gasteiger charge is -2.38. The van der Waals surface area contributed by atoms with Crippen LogP contribution in [0.25, 0.3) is 0 Å². The van der Waals surface area contributed by atoms with Crippen LogP contribution in [0.3, 0.4) is 0 Å². The highest BCUT2D eigenvalue weighted by molar-refractivity contribution is 6.25. The Morgan fingerprint density at radius 3 is 2.87 bits per heavy atom. The molecule has 2 aliphatic heterocycles.